The number of esters is 2. The van der Waals surface area contributed by atoms with Crippen molar-refractivity contribution in [3.8, 4) is 0 Å². The van der Waals surface area contributed by atoms with Crippen LogP contribution in [0.5, 0.6) is 0 Å². The molecule has 1 fully saturated rings. The molecule has 34 rings (SSSR count). The van der Waals surface area contributed by atoms with E-state index in [0.29, 0.717) is 13.1 Å². The van der Waals surface area contributed by atoms with Crippen molar-refractivity contribution in [3.05, 3.63) is 57.1 Å². The molecule has 91 heavy (non-hydrogen) atoms. The Morgan fingerprint density at radius 3 is 0.714 bits per heavy atom. The van der Waals surface area contributed by atoms with Crippen LogP contribution in [0.25, 0.3) is 291 Å². The molecular weight excluding hydrogens is 1240 g/mol. The van der Waals surface area contributed by atoms with Crippen LogP contribution < -0.4 is 0 Å². The maximum absolute atomic E-state index is 17.7. The predicted octanol–water partition coefficient (Wildman–Crippen LogP) is 18.0. The van der Waals surface area contributed by atoms with E-state index in [1.807, 2.05) is 6.92 Å². The van der Waals surface area contributed by atoms with Gasteiger partial charge in [0.2, 0.25) is 0 Å². The number of hydrogen-bond acceptors (Lipinski definition) is 6. The molecule has 0 aliphatic heterocycles. The summed E-state index contributed by atoms with van der Waals surface area (Å²) in [6.45, 7) is 3.57. The molecule has 0 radical (unpaired) electrons. The Hall–Kier alpha value is -9.05. The number of carbonyl (C=O) groups is 2. The number of hydrogen-bond donors (Lipinski definition) is 0. The molecule has 0 saturated heterocycles. The molecule has 2 N–H and O–H groups in total. The Morgan fingerprint density at radius 2 is 0.538 bits per heavy atom. The molecular formula is C78H27BF4N2O5Pd. The largest absolute Gasteiger partial charge is 2.00 e. The van der Waals surface area contributed by atoms with Gasteiger partial charge in [0.05, 0.1) is 24.0 Å². The van der Waals surface area contributed by atoms with Gasteiger partial charge < -0.3 is 42.0 Å². The van der Waals surface area contributed by atoms with Crippen molar-refractivity contribution in [2.75, 3.05) is 34.8 Å². The van der Waals surface area contributed by atoms with Crippen LogP contribution in [0.3, 0.4) is 0 Å². The van der Waals surface area contributed by atoms with Gasteiger partial charge in [-0.25, -0.2) is 0 Å². The van der Waals surface area contributed by atoms with E-state index in [1.54, 1.807) is 53.9 Å². The van der Waals surface area contributed by atoms with Gasteiger partial charge in [-0.3, -0.25) is 9.59 Å². The number of nitrogens with zero attached hydrogens (tertiary/aromatic N) is 2. The average molecular weight is 1270 g/mol. The average Bonchev–Trinajstić information content (AvgIpc) is 1.36. The normalized spacial score (nSPS) is 21.2. The smallest absolute Gasteiger partial charge is 0.465 e. The number of benzene rings is 19. The Bertz CT molecular complexity index is 7530. The number of rotatable bonds is 9. The van der Waals surface area contributed by atoms with Crippen LogP contribution in [-0.2, 0) is 70.0 Å². The van der Waals surface area contributed by atoms with Crippen molar-refractivity contribution in [2.45, 2.75) is 37.5 Å². The van der Waals surface area contributed by atoms with E-state index in [9.17, 15) is 17.3 Å². The fourth-order valence-corrected chi connectivity index (χ4v) is 27.5. The minimum atomic E-state index is -6.00. The molecule has 0 atom stereocenters. The minimum Gasteiger partial charge on any atom is -0.465 e. The van der Waals surface area contributed by atoms with E-state index in [4.69, 9.17) is 9.47 Å². The SMILES string of the molecule is CCOC(=O)C1(C(=O)OCc2cc(CN(C)C)[c-]c(CN(C)C)c2)C23c4c5c6c7c8c9c(c%10c%11c2c2c4c4c%12c5c5c6c6c8c8c%13c9c9c%10c%10c%11c%11c2c2c4c4c%12c%12c5c5c6c8c6c8c%13c9c9c%10c%10c%11c2c2c4c4c%12c5c6c5c8c9c%10c2c45)C713.F[B-](F)(F)F.O.[Pd+2]. The zero-order valence-corrected chi connectivity index (χ0v) is 49.5. The molecule has 0 bridgehead atoms. The fourth-order valence-electron chi connectivity index (χ4n) is 27.5. The summed E-state index contributed by atoms with van der Waals surface area (Å²) in [5.74, 6) is -0.833. The van der Waals surface area contributed by atoms with Gasteiger partial charge in [-0.1, -0.05) is 0 Å². The first kappa shape index (κ1) is 43.6. The standard InChI is InChI=1S/C78H25N2O4.BF4.H2O.Pd/c1-6-83-74(81)78(75(82)84-12-15-8-13(10-79(2)3)7-14(9-15)11-80(4)5)76-70-62-54-44-34-26-18-16-17-20-24-22(18)30-38-32(24)42-36-28(20)29-21(17)25-23-19(16)27(26)35-41-31(23)39-33(25)43-37(29)47-46(36)56-50(42)60-52(38)58(48(54)40(30)34)66(70)68(60)72-64(56)65-57(47)51(43)61-53(39)59-49(41)55(45(35)44)63(62)71(76)67(59)69(61)73(65)77(72,76)78;2-1(3,4)5;;/h8-9H,6,10-12H2,1-5H3;;1H2;/q2*-1;;+2. The second-order valence-electron chi connectivity index (χ2n) is 30.3. The van der Waals surface area contributed by atoms with Crippen LogP contribution in [0, 0.1) is 11.5 Å². The number of carbonyl (C=O) groups excluding carboxylic acids is 2. The van der Waals surface area contributed by atoms with Gasteiger partial charge in [0.15, 0.2) is 5.41 Å². The molecule has 7 nitrogen and oxygen atoms in total. The van der Waals surface area contributed by atoms with Crippen LogP contribution in [0.15, 0.2) is 12.1 Å². The monoisotopic (exact) mass is 1260 g/mol. The summed E-state index contributed by atoms with van der Waals surface area (Å²) in [4.78, 5) is 39.3. The third-order valence-corrected chi connectivity index (χ3v) is 27.6. The van der Waals surface area contributed by atoms with Crippen LogP contribution in [0.2, 0.25) is 0 Å². The molecule has 29 aromatic carbocycles. The molecule has 0 amide bonds. The van der Waals surface area contributed by atoms with Crippen molar-refractivity contribution >= 4 is 310 Å². The molecule has 420 valence electrons. The van der Waals surface area contributed by atoms with E-state index in [1.165, 1.54) is 259 Å². The van der Waals surface area contributed by atoms with Crippen molar-refractivity contribution in [2.24, 2.45) is 5.41 Å². The first-order valence-corrected chi connectivity index (χ1v) is 31.6. The Balaban J connectivity index is 0.000000643. The maximum Gasteiger partial charge on any atom is 2.00 e. The summed E-state index contributed by atoms with van der Waals surface area (Å²) in [5.41, 5.74) is 4.04. The minimum absolute atomic E-state index is 0. The first-order valence-electron chi connectivity index (χ1n) is 31.6. The summed E-state index contributed by atoms with van der Waals surface area (Å²) < 4.78 is 53.1. The summed E-state index contributed by atoms with van der Waals surface area (Å²) in [7, 11) is 2.37. The van der Waals surface area contributed by atoms with Crippen LogP contribution in [0.4, 0.5) is 17.3 Å². The number of halogens is 4. The van der Waals surface area contributed by atoms with Crippen molar-refractivity contribution in [1.29, 1.82) is 0 Å². The second kappa shape index (κ2) is 10.8. The zero-order chi connectivity index (χ0) is 56.9. The zero-order valence-electron chi connectivity index (χ0n) is 47.9. The van der Waals surface area contributed by atoms with Gasteiger partial charge in [0.1, 0.15) is 0 Å². The summed E-state index contributed by atoms with van der Waals surface area (Å²) in [6.07, 6.45) is 0. The van der Waals surface area contributed by atoms with Gasteiger partial charge >= 0.3 is 39.6 Å². The molecule has 1 saturated carbocycles. The quantitative estimate of drug-likeness (QED) is 0.0357. The van der Waals surface area contributed by atoms with Crippen LogP contribution in [-0.4, -0.2) is 69.3 Å². The van der Waals surface area contributed by atoms with Gasteiger partial charge in [0.25, 0.3) is 0 Å². The fraction of sp³-hybridized carbons (Fsp3) is 0.154. The van der Waals surface area contributed by atoms with Gasteiger partial charge in [-0.2, -0.15) is 18.2 Å². The Morgan fingerprint density at radius 1 is 0.363 bits per heavy atom. The molecule has 5 aliphatic rings. The molecule has 29 aromatic rings. The topological polar surface area (TPSA) is 90.6 Å². The van der Waals surface area contributed by atoms with Crippen molar-refractivity contribution in [3.63, 3.8) is 0 Å². The summed E-state index contributed by atoms with van der Waals surface area (Å²) in [5, 5.41) is 79.6. The molecule has 0 heterocycles. The summed E-state index contributed by atoms with van der Waals surface area (Å²) in [6, 6.07) is 8.05. The van der Waals surface area contributed by atoms with Gasteiger partial charge in [0, 0.05) is 13.1 Å². The summed E-state index contributed by atoms with van der Waals surface area (Å²) >= 11 is 0. The third kappa shape index (κ3) is 2.86. The van der Waals surface area contributed by atoms with E-state index in [2.05, 4.69) is 56.2 Å². The molecule has 2 spiro atoms. The predicted molar refractivity (Wildman–Crippen MR) is 357 cm³/mol. The van der Waals surface area contributed by atoms with Gasteiger partial charge in [-0.15, -0.1) is 16.7 Å². The van der Waals surface area contributed by atoms with E-state index in [-0.39, 0.29) is 39.1 Å². The van der Waals surface area contributed by atoms with E-state index in [0.717, 1.165) is 16.7 Å². The Labute approximate surface area is 513 Å². The maximum atomic E-state index is 17.7. The molecule has 13 heteroatoms. The van der Waals surface area contributed by atoms with Gasteiger partial charge in [-0.05, 0) is 348 Å². The molecule has 5 aliphatic carbocycles. The molecule has 0 unspecified atom stereocenters. The van der Waals surface area contributed by atoms with Crippen LogP contribution in [0.1, 0.15) is 45.9 Å². The molecule has 0 aromatic heterocycles. The number of ether oxygens (including phenoxy) is 2. The second-order valence-corrected chi connectivity index (χ2v) is 30.3. The third-order valence-electron chi connectivity index (χ3n) is 27.6. The first-order chi connectivity index (χ1) is 43.3. The van der Waals surface area contributed by atoms with Crippen molar-refractivity contribution < 1.29 is 62.2 Å². The van der Waals surface area contributed by atoms with E-state index >= 15 is 9.59 Å². The van der Waals surface area contributed by atoms with E-state index < -0.39 is 35.4 Å². The van der Waals surface area contributed by atoms with Crippen molar-refractivity contribution in [1.82, 2.24) is 9.80 Å². The Kier molecular flexibility index (Phi) is 5.17. The van der Waals surface area contributed by atoms with Crippen LogP contribution >= 0.6 is 0 Å².